The van der Waals surface area contributed by atoms with E-state index in [2.05, 4.69) is 21.2 Å². The van der Waals surface area contributed by atoms with Crippen molar-refractivity contribution in [2.75, 3.05) is 5.33 Å². The molecule has 0 bridgehead atoms. The maximum absolute atomic E-state index is 11.6. The Labute approximate surface area is 117 Å². The monoisotopic (exact) mass is 319 g/mol. The molecule has 0 radical (unpaired) electrons. The highest BCUT2D eigenvalue weighted by Gasteiger charge is 2.27. The summed E-state index contributed by atoms with van der Waals surface area (Å²) in [5.41, 5.74) is -0.465. The van der Waals surface area contributed by atoms with Crippen molar-refractivity contribution in [1.29, 1.82) is 0 Å². The van der Waals surface area contributed by atoms with E-state index >= 15 is 0 Å². The lowest BCUT2D eigenvalue weighted by Crippen LogP contribution is -2.41. The van der Waals surface area contributed by atoms with Gasteiger partial charge in [0.05, 0.1) is 5.33 Å². The summed E-state index contributed by atoms with van der Waals surface area (Å²) in [7, 11) is 0. The van der Waals surface area contributed by atoms with Crippen molar-refractivity contribution in [3.05, 3.63) is 0 Å². The Hall–Kier alpha value is -0.580. The lowest BCUT2D eigenvalue weighted by Gasteiger charge is -2.29. The zero-order valence-electron chi connectivity index (χ0n) is 11.3. The third-order valence-electron chi connectivity index (χ3n) is 3.04. The highest BCUT2D eigenvalue weighted by atomic mass is 79.9. The lowest BCUT2D eigenvalue weighted by atomic mass is 9.84. The molecule has 0 atom stereocenters. The van der Waals surface area contributed by atoms with Crippen LogP contribution in [0.2, 0.25) is 0 Å². The number of hydrogen-bond donors (Lipinski definition) is 1. The van der Waals surface area contributed by atoms with Gasteiger partial charge in [0.15, 0.2) is 0 Å². The van der Waals surface area contributed by atoms with E-state index in [-0.39, 0.29) is 23.8 Å². The molecule has 0 aromatic rings. The number of alkyl carbamates (subject to hydrolysis) is 1. The maximum Gasteiger partial charge on any atom is 0.407 e. The van der Waals surface area contributed by atoms with Gasteiger partial charge < -0.3 is 10.1 Å². The fourth-order valence-electron chi connectivity index (χ4n) is 2.14. The van der Waals surface area contributed by atoms with Crippen LogP contribution in [-0.4, -0.2) is 28.8 Å². The molecule has 1 aliphatic rings. The zero-order chi connectivity index (χ0) is 13.8. The number of ether oxygens (including phenoxy) is 1. The number of ketones is 1. The molecule has 4 nitrogen and oxygen atoms in total. The molecule has 1 saturated carbocycles. The Bertz CT molecular complexity index is 304. The minimum absolute atomic E-state index is 0.138. The summed E-state index contributed by atoms with van der Waals surface area (Å²) in [5.74, 6) is 0.423. The normalized spacial score (nSPS) is 24.4. The third kappa shape index (κ3) is 5.38. The number of carbonyl (C=O) groups excluding carboxylic acids is 2. The molecule has 0 aromatic heterocycles. The van der Waals surface area contributed by atoms with E-state index in [9.17, 15) is 9.59 Å². The number of Topliss-reactive ketones (excluding diaryl/α,β-unsaturated/α-hetero) is 1. The van der Waals surface area contributed by atoms with Crippen molar-refractivity contribution in [2.24, 2.45) is 5.92 Å². The van der Waals surface area contributed by atoms with Crippen molar-refractivity contribution >= 4 is 27.8 Å². The summed E-state index contributed by atoms with van der Waals surface area (Å²) in [4.78, 5) is 23.1. The van der Waals surface area contributed by atoms with Crippen LogP contribution in [0.5, 0.6) is 0 Å². The van der Waals surface area contributed by atoms with Crippen LogP contribution in [0, 0.1) is 5.92 Å². The molecule has 0 aromatic carbocycles. The number of carbonyl (C=O) groups is 2. The fourth-order valence-corrected chi connectivity index (χ4v) is 2.60. The Morgan fingerprint density at radius 1 is 1.22 bits per heavy atom. The van der Waals surface area contributed by atoms with Crippen molar-refractivity contribution in [3.8, 4) is 0 Å². The Morgan fingerprint density at radius 3 is 2.22 bits per heavy atom. The van der Waals surface area contributed by atoms with Gasteiger partial charge in [0, 0.05) is 12.0 Å². The zero-order valence-corrected chi connectivity index (χ0v) is 12.9. The summed E-state index contributed by atoms with van der Waals surface area (Å²) in [5, 5.41) is 3.30. The van der Waals surface area contributed by atoms with E-state index in [0.29, 0.717) is 5.33 Å². The quantitative estimate of drug-likeness (QED) is 0.813. The van der Waals surface area contributed by atoms with E-state index in [1.807, 2.05) is 20.8 Å². The Kier molecular flexibility index (Phi) is 5.63. The summed E-state index contributed by atoms with van der Waals surface area (Å²) in [6.07, 6.45) is 3.04. The van der Waals surface area contributed by atoms with Crippen molar-refractivity contribution in [1.82, 2.24) is 5.32 Å². The highest BCUT2D eigenvalue weighted by molar-refractivity contribution is 9.09. The Balaban J connectivity index is 2.31. The molecule has 104 valence electrons. The van der Waals surface area contributed by atoms with Gasteiger partial charge in [-0.25, -0.2) is 4.79 Å². The molecular formula is C13H22BrNO3. The SMILES string of the molecule is CC(C)(C)OC(=O)N[C@H]1CC[C@H](C(=O)CBr)CC1. The van der Waals surface area contributed by atoms with Gasteiger partial charge in [-0.15, -0.1) is 0 Å². The number of amides is 1. The highest BCUT2D eigenvalue weighted by Crippen LogP contribution is 2.25. The van der Waals surface area contributed by atoms with Crippen molar-refractivity contribution in [3.63, 3.8) is 0 Å². The summed E-state index contributed by atoms with van der Waals surface area (Å²) in [6.45, 7) is 5.54. The topological polar surface area (TPSA) is 55.4 Å². The van der Waals surface area contributed by atoms with Crippen LogP contribution in [0.1, 0.15) is 46.5 Å². The molecule has 1 aliphatic carbocycles. The molecule has 18 heavy (non-hydrogen) atoms. The van der Waals surface area contributed by atoms with E-state index in [1.165, 1.54) is 0 Å². The van der Waals surface area contributed by atoms with E-state index in [1.54, 1.807) is 0 Å². The largest absolute Gasteiger partial charge is 0.444 e. The van der Waals surface area contributed by atoms with Gasteiger partial charge in [-0.3, -0.25) is 4.79 Å². The van der Waals surface area contributed by atoms with E-state index < -0.39 is 5.60 Å². The van der Waals surface area contributed by atoms with Gasteiger partial charge in [0.25, 0.3) is 0 Å². The standard InChI is InChI=1S/C13H22BrNO3/c1-13(2,3)18-12(17)15-10-6-4-9(5-7-10)11(16)8-14/h9-10H,4-8H2,1-3H3,(H,15,17)/t9-,10-. The lowest BCUT2D eigenvalue weighted by molar-refractivity contribution is -0.121. The van der Waals surface area contributed by atoms with Crippen LogP contribution in [0.3, 0.4) is 0 Å². The van der Waals surface area contributed by atoms with Gasteiger partial charge in [0.1, 0.15) is 11.4 Å². The second-order valence-corrected chi connectivity index (χ2v) is 6.36. The first-order valence-electron chi connectivity index (χ1n) is 6.40. The van der Waals surface area contributed by atoms with Crippen LogP contribution in [0.4, 0.5) is 4.79 Å². The number of alkyl halides is 1. The summed E-state index contributed by atoms with van der Waals surface area (Å²) >= 11 is 3.20. The van der Waals surface area contributed by atoms with Gasteiger partial charge in [-0.05, 0) is 46.5 Å². The first kappa shape index (κ1) is 15.5. The second kappa shape index (κ2) is 6.55. The number of nitrogens with one attached hydrogen (secondary N) is 1. The molecule has 0 saturated heterocycles. The molecule has 1 rings (SSSR count). The van der Waals surface area contributed by atoms with Gasteiger partial charge in [-0.2, -0.15) is 0 Å². The minimum Gasteiger partial charge on any atom is -0.444 e. The Morgan fingerprint density at radius 2 is 1.78 bits per heavy atom. The second-order valence-electron chi connectivity index (χ2n) is 5.79. The van der Waals surface area contributed by atoms with E-state index in [0.717, 1.165) is 25.7 Å². The van der Waals surface area contributed by atoms with Crippen molar-refractivity contribution in [2.45, 2.75) is 58.1 Å². The smallest absolute Gasteiger partial charge is 0.407 e. The molecule has 1 fully saturated rings. The average molecular weight is 320 g/mol. The number of hydrogen-bond acceptors (Lipinski definition) is 3. The predicted molar refractivity (Wildman–Crippen MR) is 73.9 cm³/mol. The number of rotatable bonds is 3. The first-order chi connectivity index (χ1) is 8.31. The molecule has 0 unspecified atom stereocenters. The minimum atomic E-state index is -0.465. The van der Waals surface area contributed by atoms with Crippen LogP contribution >= 0.6 is 15.9 Å². The summed E-state index contributed by atoms with van der Waals surface area (Å²) < 4.78 is 5.21. The van der Waals surface area contributed by atoms with Gasteiger partial charge in [0.2, 0.25) is 0 Å². The van der Waals surface area contributed by atoms with Crippen LogP contribution in [-0.2, 0) is 9.53 Å². The molecule has 1 N–H and O–H groups in total. The van der Waals surface area contributed by atoms with Crippen molar-refractivity contribution < 1.29 is 14.3 Å². The first-order valence-corrected chi connectivity index (χ1v) is 7.52. The molecular weight excluding hydrogens is 298 g/mol. The average Bonchev–Trinajstić information content (AvgIpc) is 2.26. The van der Waals surface area contributed by atoms with Gasteiger partial charge >= 0.3 is 6.09 Å². The molecule has 0 spiro atoms. The fraction of sp³-hybridized carbons (Fsp3) is 0.846. The van der Waals surface area contributed by atoms with Crippen LogP contribution < -0.4 is 5.32 Å². The molecule has 0 heterocycles. The molecule has 1 amide bonds. The third-order valence-corrected chi connectivity index (χ3v) is 3.59. The van der Waals surface area contributed by atoms with Crippen LogP contribution in [0.25, 0.3) is 0 Å². The van der Waals surface area contributed by atoms with Gasteiger partial charge in [-0.1, -0.05) is 15.9 Å². The predicted octanol–water partition coefficient (Wildman–Crippen LogP) is 3.03. The van der Waals surface area contributed by atoms with Crippen LogP contribution in [0.15, 0.2) is 0 Å². The maximum atomic E-state index is 11.6. The number of halogens is 1. The summed E-state index contributed by atoms with van der Waals surface area (Å²) in [6, 6.07) is 0.138. The molecule has 5 heteroatoms. The molecule has 0 aliphatic heterocycles. The van der Waals surface area contributed by atoms with E-state index in [4.69, 9.17) is 4.74 Å².